The molecule has 1 aliphatic rings. The zero-order valence-electron chi connectivity index (χ0n) is 15.4. The molecule has 2 aromatic rings. The Labute approximate surface area is 161 Å². The molecule has 0 unspecified atom stereocenters. The van der Waals surface area contributed by atoms with Crippen LogP contribution in [0.2, 0.25) is 0 Å². The second-order valence-electron chi connectivity index (χ2n) is 6.04. The first-order valence-electron chi connectivity index (χ1n) is 8.89. The van der Waals surface area contributed by atoms with E-state index < -0.39 is 4.92 Å². The van der Waals surface area contributed by atoms with Gasteiger partial charge in [0.1, 0.15) is 6.33 Å². The molecule has 0 atom stereocenters. The van der Waals surface area contributed by atoms with E-state index in [2.05, 4.69) is 20.3 Å². The molecule has 148 valence electrons. The molecule has 28 heavy (non-hydrogen) atoms. The largest absolute Gasteiger partial charge is 0.450 e. The van der Waals surface area contributed by atoms with Crippen LogP contribution in [0.15, 0.2) is 30.9 Å². The number of nitrogens with zero attached hydrogens (tertiary/aromatic N) is 6. The molecule has 3 rings (SSSR count). The van der Waals surface area contributed by atoms with Crippen molar-refractivity contribution in [3.8, 4) is 0 Å². The molecule has 11 heteroatoms. The first kappa shape index (κ1) is 19.3. The summed E-state index contributed by atoms with van der Waals surface area (Å²) in [6.07, 6.45) is 4.25. The number of piperazine rings is 1. The van der Waals surface area contributed by atoms with E-state index in [-0.39, 0.29) is 23.4 Å². The van der Waals surface area contributed by atoms with Crippen molar-refractivity contribution >= 4 is 23.4 Å². The Morgan fingerprint density at radius 2 is 2.11 bits per heavy atom. The van der Waals surface area contributed by atoms with Crippen LogP contribution in [0.25, 0.3) is 0 Å². The van der Waals surface area contributed by atoms with E-state index in [0.29, 0.717) is 39.3 Å². The van der Waals surface area contributed by atoms with Crippen molar-refractivity contribution in [3.05, 3.63) is 46.5 Å². The topological polar surface area (TPSA) is 127 Å². The van der Waals surface area contributed by atoms with Gasteiger partial charge in [0, 0.05) is 45.1 Å². The molecule has 0 aromatic carbocycles. The third kappa shape index (κ3) is 4.42. The summed E-state index contributed by atoms with van der Waals surface area (Å²) in [7, 11) is 0. The molecule has 11 nitrogen and oxygen atoms in total. The first-order chi connectivity index (χ1) is 13.6. The number of carbonyl (C=O) groups is 1. The van der Waals surface area contributed by atoms with Crippen molar-refractivity contribution in [2.45, 2.75) is 13.5 Å². The van der Waals surface area contributed by atoms with Crippen LogP contribution >= 0.6 is 0 Å². The van der Waals surface area contributed by atoms with Crippen LogP contribution in [0.1, 0.15) is 12.5 Å². The number of pyridine rings is 1. The third-order valence-electron chi connectivity index (χ3n) is 4.27. The van der Waals surface area contributed by atoms with Crippen molar-refractivity contribution < 1.29 is 14.5 Å². The number of hydrogen-bond acceptors (Lipinski definition) is 9. The van der Waals surface area contributed by atoms with Crippen molar-refractivity contribution in [2.24, 2.45) is 0 Å². The maximum atomic E-state index is 11.8. The Hall–Kier alpha value is -3.50. The summed E-state index contributed by atoms with van der Waals surface area (Å²) in [6, 6.07) is 3.66. The molecular weight excluding hydrogens is 366 g/mol. The Balaban J connectivity index is 1.75. The van der Waals surface area contributed by atoms with E-state index in [1.165, 1.54) is 6.33 Å². The van der Waals surface area contributed by atoms with Crippen molar-refractivity contribution in [2.75, 3.05) is 43.0 Å². The average Bonchev–Trinajstić information content (AvgIpc) is 2.73. The van der Waals surface area contributed by atoms with E-state index in [9.17, 15) is 14.9 Å². The molecule has 0 aliphatic carbocycles. The fraction of sp³-hybridized carbons (Fsp3) is 0.412. The fourth-order valence-electron chi connectivity index (χ4n) is 2.90. The molecule has 0 saturated carbocycles. The number of hydrogen-bond donors (Lipinski definition) is 1. The highest BCUT2D eigenvalue weighted by Crippen LogP contribution is 2.32. The van der Waals surface area contributed by atoms with Gasteiger partial charge in [-0.3, -0.25) is 15.1 Å². The SMILES string of the molecule is CCOC(=O)N1CCN(c2ncnc(NCc3cccnc3)c2[N+](=O)[O-])CC1. The van der Waals surface area contributed by atoms with Gasteiger partial charge in [-0.25, -0.2) is 14.8 Å². The average molecular weight is 387 g/mol. The van der Waals surface area contributed by atoms with Crippen LogP contribution in [0.3, 0.4) is 0 Å². The third-order valence-corrected chi connectivity index (χ3v) is 4.27. The standard InChI is InChI=1S/C17H21N7O4/c1-2-28-17(25)23-8-6-22(7-9-23)16-14(24(26)27)15(20-12-21-16)19-11-13-4-3-5-18-10-13/h3-5,10,12H,2,6-9,11H2,1H3,(H,19,20,21). The normalized spacial score (nSPS) is 13.9. The first-order valence-corrected chi connectivity index (χ1v) is 8.89. The number of ether oxygens (including phenoxy) is 1. The lowest BCUT2D eigenvalue weighted by Crippen LogP contribution is -2.49. The number of carbonyl (C=O) groups excluding carboxylic acids is 1. The van der Waals surface area contributed by atoms with Gasteiger partial charge >= 0.3 is 11.8 Å². The van der Waals surface area contributed by atoms with E-state index >= 15 is 0 Å². The Bertz CT molecular complexity index is 826. The van der Waals surface area contributed by atoms with Gasteiger partial charge in [-0.15, -0.1) is 0 Å². The summed E-state index contributed by atoms with van der Waals surface area (Å²) in [5.74, 6) is 0.379. The van der Waals surface area contributed by atoms with E-state index in [0.717, 1.165) is 5.56 Å². The summed E-state index contributed by atoms with van der Waals surface area (Å²) >= 11 is 0. The monoisotopic (exact) mass is 387 g/mol. The molecule has 1 amide bonds. The molecule has 1 aliphatic heterocycles. The minimum atomic E-state index is -0.487. The van der Waals surface area contributed by atoms with Gasteiger partial charge < -0.3 is 19.9 Å². The van der Waals surface area contributed by atoms with Gasteiger partial charge in [-0.05, 0) is 18.6 Å². The fourth-order valence-corrected chi connectivity index (χ4v) is 2.90. The molecular formula is C17H21N7O4. The molecule has 0 spiro atoms. The summed E-state index contributed by atoms with van der Waals surface area (Å²) in [5.41, 5.74) is 0.691. The van der Waals surface area contributed by atoms with Crippen LogP contribution in [-0.4, -0.2) is 63.7 Å². The quantitative estimate of drug-likeness (QED) is 0.581. The number of amides is 1. The van der Waals surface area contributed by atoms with E-state index in [1.54, 1.807) is 35.2 Å². The summed E-state index contributed by atoms with van der Waals surface area (Å²) in [5, 5.41) is 14.7. The highest BCUT2D eigenvalue weighted by Gasteiger charge is 2.30. The van der Waals surface area contributed by atoms with Gasteiger partial charge in [0.25, 0.3) is 0 Å². The van der Waals surface area contributed by atoms with Gasteiger partial charge in [-0.2, -0.15) is 0 Å². The highest BCUT2D eigenvalue weighted by atomic mass is 16.6. The Kier molecular flexibility index (Phi) is 6.14. The molecule has 0 bridgehead atoms. The van der Waals surface area contributed by atoms with Gasteiger partial charge in [0.15, 0.2) is 0 Å². The zero-order chi connectivity index (χ0) is 19.9. The maximum Gasteiger partial charge on any atom is 0.409 e. The maximum absolute atomic E-state index is 11.8. The van der Waals surface area contributed by atoms with Gasteiger partial charge in [-0.1, -0.05) is 6.07 Å². The number of nitrogens with one attached hydrogen (secondary N) is 1. The van der Waals surface area contributed by atoms with Crippen LogP contribution in [0, 0.1) is 10.1 Å². The lowest BCUT2D eigenvalue weighted by Gasteiger charge is -2.34. The minimum Gasteiger partial charge on any atom is -0.450 e. The number of nitro groups is 1. The molecule has 1 fully saturated rings. The van der Waals surface area contributed by atoms with Crippen LogP contribution in [0.5, 0.6) is 0 Å². The second-order valence-corrected chi connectivity index (χ2v) is 6.04. The summed E-state index contributed by atoms with van der Waals surface area (Å²) in [4.78, 5) is 38.6. The smallest absolute Gasteiger partial charge is 0.409 e. The highest BCUT2D eigenvalue weighted by molar-refractivity contribution is 5.71. The molecule has 0 radical (unpaired) electrons. The zero-order valence-corrected chi connectivity index (χ0v) is 15.4. The van der Waals surface area contributed by atoms with Crippen LogP contribution in [0.4, 0.5) is 22.1 Å². The van der Waals surface area contributed by atoms with Crippen LogP contribution in [-0.2, 0) is 11.3 Å². The predicted molar refractivity (Wildman–Crippen MR) is 101 cm³/mol. The van der Waals surface area contributed by atoms with E-state index in [4.69, 9.17) is 4.74 Å². The number of aromatic nitrogens is 3. The molecule has 3 heterocycles. The minimum absolute atomic E-state index is 0.145. The van der Waals surface area contributed by atoms with Gasteiger partial charge in [0.05, 0.1) is 11.5 Å². The Morgan fingerprint density at radius 1 is 1.32 bits per heavy atom. The van der Waals surface area contributed by atoms with Crippen molar-refractivity contribution in [3.63, 3.8) is 0 Å². The molecule has 1 saturated heterocycles. The summed E-state index contributed by atoms with van der Waals surface area (Å²) in [6.45, 7) is 4.04. The van der Waals surface area contributed by atoms with Crippen molar-refractivity contribution in [1.29, 1.82) is 0 Å². The van der Waals surface area contributed by atoms with Crippen LogP contribution < -0.4 is 10.2 Å². The summed E-state index contributed by atoms with van der Waals surface area (Å²) < 4.78 is 5.00. The molecule has 1 N–H and O–H groups in total. The predicted octanol–water partition coefficient (Wildman–Crippen LogP) is 1.67. The lowest BCUT2D eigenvalue weighted by molar-refractivity contribution is -0.383. The second kappa shape index (κ2) is 8.93. The van der Waals surface area contributed by atoms with Gasteiger partial charge in [0.2, 0.25) is 11.6 Å². The Morgan fingerprint density at radius 3 is 2.75 bits per heavy atom. The lowest BCUT2D eigenvalue weighted by atomic mass is 10.2. The van der Waals surface area contributed by atoms with Crippen molar-refractivity contribution in [1.82, 2.24) is 19.9 Å². The number of anilines is 2. The number of rotatable bonds is 6. The molecule has 2 aromatic heterocycles. The van der Waals surface area contributed by atoms with E-state index in [1.807, 2.05) is 6.07 Å².